The first-order valence-electron chi connectivity index (χ1n) is 8.49. The molecule has 3 aromatic carbocycles. The highest BCUT2D eigenvalue weighted by molar-refractivity contribution is 9.11. The quantitative estimate of drug-likeness (QED) is 0.204. The lowest BCUT2D eigenvalue weighted by Gasteiger charge is -2.08. The fourth-order valence-electron chi connectivity index (χ4n) is 2.49. The molecule has 0 aromatic heterocycles. The lowest BCUT2D eigenvalue weighted by Crippen LogP contribution is -1.96. The Morgan fingerprint density at radius 2 is 1.83 bits per heavy atom. The maximum Gasteiger partial charge on any atom is 0.271 e. The summed E-state index contributed by atoms with van der Waals surface area (Å²) in [6, 6.07) is 17.6. The summed E-state index contributed by atoms with van der Waals surface area (Å²) in [5, 5.41) is 11.0. The molecule has 6 nitrogen and oxygen atoms in total. The van der Waals surface area contributed by atoms with E-state index in [0.29, 0.717) is 18.0 Å². The molecule has 0 radical (unpaired) electrons. The molecule has 0 aliphatic rings. The van der Waals surface area contributed by atoms with Crippen molar-refractivity contribution in [2.45, 2.75) is 6.61 Å². The zero-order chi connectivity index (χ0) is 20.8. The predicted molar refractivity (Wildman–Crippen MR) is 120 cm³/mol. The van der Waals surface area contributed by atoms with E-state index < -0.39 is 4.92 Å². The second-order valence-corrected chi connectivity index (χ2v) is 7.73. The van der Waals surface area contributed by atoms with Crippen LogP contribution in [0, 0.1) is 10.1 Å². The summed E-state index contributed by atoms with van der Waals surface area (Å²) in [7, 11) is 1.50. The van der Waals surface area contributed by atoms with Crippen molar-refractivity contribution in [2.75, 3.05) is 7.11 Å². The Bertz CT molecular complexity index is 1050. The zero-order valence-electron chi connectivity index (χ0n) is 15.3. The van der Waals surface area contributed by atoms with Gasteiger partial charge in [-0.2, -0.15) is 0 Å². The molecule has 0 amide bonds. The number of halogens is 2. The van der Waals surface area contributed by atoms with Crippen LogP contribution in [-0.4, -0.2) is 18.2 Å². The molecule has 0 aliphatic heterocycles. The first-order chi connectivity index (χ1) is 14.0. The van der Waals surface area contributed by atoms with E-state index in [4.69, 9.17) is 9.47 Å². The first-order valence-corrected chi connectivity index (χ1v) is 10.1. The minimum atomic E-state index is -0.464. The average Bonchev–Trinajstić information content (AvgIpc) is 2.72. The van der Waals surface area contributed by atoms with Gasteiger partial charge >= 0.3 is 0 Å². The first kappa shape index (κ1) is 21.0. The third kappa shape index (κ3) is 5.65. The number of ether oxygens (including phenoxy) is 2. The lowest BCUT2D eigenvalue weighted by atomic mass is 10.2. The fourth-order valence-corrected chi connectivity index (χ4v) is 3.65. The van der Waals surface area contributed by atoms with Crippen LogP contribution < -0.4 is 9.47 Å². The highest BCUT2D eigenvalue weighted by Gasteiger charge is 2.10. The van der Waals surface area contributed by atoms with E-state index in [1.807, 2.05) is 42.5 Å². The maximum absolute atomic E-state index is 11.0. The number of nitro groups is 1. The summed E-state index contributed by atoms with van der Waals surface area (Å²) in [4.78, 5) is 14.8. The number of nitro benzene ring substituents is 1. The van der Waals surface area contributed by atoms with Crippen LogP contribution in [0.2, 0.25) is 0 Å². The topological polar surface area (TPSA) is 74.0 Å². The van der Waals surface area contributed by atoms with Crippen LogP contribution in [0.4, 0.5) is 11.4 Å². The monoisotopic (exact) mass is 518 g/mol. The molecule has 0 spiro atoms. The SMILES string of the molecule is COc1ccc([N+](=O)[O-])cc1N=Cc1ccc(OCc2ccc(Br)cc2Br)cc1. The van der Waals surface area contributed by atoms with Crippen molar-refractivity contribution in [3.8, 4) is 11.5 Å². The van der Waals surface area contributed by atoms with E-state index in [1.165, 1.54) is 25.3 Å². The molecule has 148 valence electrons. The molecule has 3 rings (SSSR count). The van der Waals surface area contributed by atoms with Gasteiger partial charge in [0.05, 0.1) is 12.0 Å². The Kier molecular flexibility index (Phi) is 7.00. The lowest BCUT2D eigenvalue weighted by molar-refractivity contribution is -0.384. The number of rotatable bonds is 7. The normalized spacial score (nSPS) is 10.9. The molecular weight excluding hydrogens is 504 g/mol. The van der Waals surface area contributed by atoms with E-state index in [1.54, 1.807) is 6.21 Å². The number of aliphatic imine (C=N–C) groups is 1. The van der Waals surface area contributed by atoms with Crippen LogP contribution >= 0.6 is 31.9 Å². The highest BCUT2D eigenvalue weighted by atomic mass is 79.9. The molecular formula is C21H16Br2N2O4. The average molecular weight is 520 g/mol. The molecule has 0 atom stereocenters. The molecule has 3 aromatic rings. The van der Waals surface area contributed by atoms with Crippen molar-refractivity contribution in [2.24, 2.45) is 4.99 Å². The van der Waals surface area contributed by atoms with Gasteiger partial charge < -0.3 is 9.47 Å². The number of methoxy groups -OCH3 is 1. The van der Waals surface area contributed by atoms with Gasteiger partial charge in [0.1, 0.15) is 23.8 Å². The van der Waals surface area contributed by atoms with Crippen LogP contribution in [0.15, 0.2) is 74.6 Å². The molecule has 29 heavy (non-hydrogen) atoms. The van der Waals surface area contributed by atoms with Gasteiger partial charge in [0.25, 0.3) is 5.69 Å². The summed E-state index contributed by atoms with van der Waals surface area (Å²) in [5.41, 5.74) is 2.22. The molecule has 0 unspecified atom stereocenters. The van der Waals surface area contributed by atoms with Gasteiger partial charge in [0.2, 0.25) is 0 Å². The van der Waals surface area contributed by atoms with E-state index in [2.05, 4.69) is 36.9 Å². The van der Waals surface area contributed by atoms with Crippen molar-refractivity contribution in [1.82, 2.24) is 0 Å². The van der Waals surface area contributed by atoms with Crippen molar-refractivity contribution >= 4 is 49.4 Å². The fraction of sp³-hybridized carbons (Fsp3) is 0.0952. The Labute approximate surface area is 184 Å². The summed E-state index contributed by atoms with van der Waals surface area (Å²) in [6.45, 7) is 0.437. The number of hydrogen-bond acceptors (Lipinski definition) is 5. The Hall–Kier alpha value is -2.71. The van der Waals surface area contributed by atoms with E-state index in [0.717, 1.165) is 25.8 Å². The standard InChI is InChI=1S/C21H16Br2N2O4/c1-28-21-9-6-17(25(26)27)11-20(21)24-12-14-2-7-18(8-3-14)29-13-15-4-5-16(22)10-19(15)23/h2-12H,13H2,1H3. The van der Waals surface area contributed by atoms with Crippen molar-refractivity contribution in [3.05, 3.63) is 90.9 Å². The van der Waals surface area contributed by atoms with Crippen LogP contribution in [0.5, 0.6) is 11.5 Å². The predicted octanol–water partition coefficient (Wildman–Crippen LogP) is 6.46. The molecule has 0 N–H and O–H groups in total. The summed E-state index contributed by atoms with van der Waals surface area (Å²) < 4.78 is 13.0. The summed E-state index contributed by atoms with van der Waals surface area (Å²) in [6.07, 6.45) is 1.62. The van der Waals surface area contributed by atoms with Gasteiger partial charge in [-0.15, -0.1) is 0 Å². The second-order valence-electron chi connectivity index (χ2n) is 5.96. The van der Waals surface area contributed by atoms with Crippen LogP contribution in [0.25, 0.3) is 0 Å². The van der Waals surface area contributed by atoms with Crippen molar-refractivity contribution in [3.63, 3.8) is 0 Å². The summed E-state index contributed by atoms with van der Waals surface area (Å²) in [5.74, 6) is 1.19. The minimum Gasteiger partial charge on any atom is -0.494 e. The van der Waals surface area contributed by atoms with Gasteiger partial charge in [-0.25, -0.2) is 0 Å². The van der Waals surface area contributed by atoms with Crippen LogP contribution in [-0.2, 0) is 6.61 Å². The van der Waals surface area contributed by atoms with Gasteiger partial charge in [-0.05, 0) is 48.0 Å². The molecule has 0 bridgehead atoms. The van der Waals surface area contributed by atoms with Crippen LogP contribution in [0.3, 0.4) is 0 Å². The van der Waals surface area contributed by atoms with E-state index in [-0.39, 0.29) is 5.69 Å². The molecule has 8 heteroatoms. The van der Waals surface area contributed by atoms with Gasteiger partial charge in [0, 0.05) is 32.9 Å². The van der Waals surface area contributed by atoms with Gasteiger partial charge in [-0.1, -0.05) is 37.9 Å². The Morgan fingerprint density at radius 3 is 2.48 bits per heavy atom. The van der Waals surface area contributed by atoms with Gasteiger partial charge in [-0.3, -0.25) is 15.1 Å². The number of benzene rings is 3. The van der Waals surface area contributed by atoms with Crippen molar-refractivity contribution < 1.29 is 14.4 Å². The van der Waals surface area contributed by atoms with E-state index in [9.17, 15) is 10.1 Å². The maximum atomic E-state index is 11.0. The second kappa shape index (κ2) is 9.67. The largest absolute Gasteiger partial charge is 0.494 e. The smallest absolute Gasteiger partial charge is 0.271 e. The Balaban J connectivity index is 1.69. The Morgan fingerprint density at radius 1 is 1.07 bits per heavy atom. The number of hydrogen-bond donors (Lipinski definition) is 0. The zero-order valence-corrected chi connectivity index (χ0v) is 18.5. The molecule has 0 aliphatic carbocycles. The van der Waals surface area contributed by atoms with Gasteiger partial charge in [0.15, 0.2) is 0 Å². The van der Waals surface area contributed by atoms with Crippen molar-refractivity contribution in [1.29, 1.82) is 0 Å². The molecule has 0 heterocycles. The molecule has 0 fully saturated rings. The van der Waals surface area contributed by atoms with E-state index >= 15 is 0 Å². The molecule has 0 saturated heterocycles. The van der Waals surface area contributed by atoms with Crippen LogP contribution in [0.1, 0.15) is 11.1 Å². The third-order valence-corrected chi connectivity index (χ3v) is 5.25. The highest BCUT2D eigenvalue weighted by Crippen LogP contribution is 2.31. The number of nitrogens with zero attached hydrogens (tertiary/aromatic N) is 2. The summed E-state index contributed by atoms with van der Waals surface area (Å²) >= 11 is 6.95. The minimum absolute atomic E-state index is 0.0409. The number of non-ortho nitro benzene ring substituents is 1. The molecule has 0 saturated carbocycles. The third-order valence-electron chi connectivity index (χ3n) is 4.02.